The van der Waals surface area contributed by atoms with Crippen LogP contribution in [-0.2, 0) is 22.2 Å². The molecule has 0 bridgehead atoms. The lowest BCUT2D eigenvalue weighted by atomic mass is 9.75. The quantitative estimate of drug-likeness (QED) is 0.103. The summed E-state index contributed by atoms with van der Waals surface area (Å²) in [7, 11) is 0. The molecule has 4 unspecified atom stereocenters. The van der Waals surface area contributed by atoms with Gasteiger partial charge in [-0.05, 0) is 346 Å². The number of hydrogen-bond donors (Lipinski definition) is 0. The molecule has 10 nitrogen and oxygen atoms in total. The lowest BCUT2D eigenvalue weighted by Gasteiger charge is -2.34. The highest BCUT2D eigenvalue weighted by Gasteiger charge is 2.53. The van der Waals surface area contributed by atoms with Crippen molar-refractivity contribution in [3.05, 3.63) is 419 Å². The smallest absolute Gasteiger partial charge is 0.217 e. The van der Waals surface area contributed by atoms with E-state index in [0.29, 0.717) is 11.8 Å². The van der Waals surface area contributed by atoms with Crippen molar-refractivity contribution in [3.8, 4) is 85.4 Å². The molecule has 4 atom stereocenters. The van der Waals surface area contributed by atoms with E-state index in [1.807, 2.05) is 13.0 Å². The van der Waals surface area contributed by atoms with Crippen molar-refractivity contribution >= 4 is 30.4 Å². The van der Waals surface area contributed by atoms with Gasteiger partial charge in [0.1, 0.15) is 51.1 Å². The van der Waals surface area contributed by atoms with Gasteiger partial charge in [-0.1, -0.05) is 244 Å². The summed E-state index contributed by atoms with van der Waals surface area (Å²) < 4.78 is 33.8. The molecule has 23 rings (SSSR count). The van der Waals surface area contributed by atoms with Crippen LogP contribution < -0.4 is 22.8 Å². The van der Waals surface area contributed by atoms with E-state index >= 15 is 0 Å². The van der Waals surface area contributed by atoms with E-state index in [0.717, 1.165) is 11.5 Å². The summed E-state index contributed by atoms with van der Waals surface area (Å²) in [6, 6.07) is 86.5. The largest absolute Gasteiger partial charge is 0.296 e. The maximum atomic E-state index is 8.89. The van der Waals surface area contributed by atoms with Crippen LogP contribution in [0.3, 0.4) is 0 Å². The van der Waals surface area contributed by atoms with Crippen LogP contribution in [0.2, 0.25) is 0 Å². The minimum atomic E-state index is -0.794. The van der Waals surface area contributed by atoms with E-state index in [-0.39, 0.29) is 22.2 Å². The summed E-state index contributed by atoms with van der Waals surface area (Å²) in [5.74, 6) is 7.69. The molecule has 10 heterocycles. The third-order valence-corrected chi connectivity index (χ3v) is 33.3. The van der Waals surface area contributed by atoms with E-state index < -0.39 is 6.02 Å². The number of hydrogen-bond acceptors (Lipinski definition) is 0. The number of aromatic nitrogens is 10. The fourth-order valence-electron chi connectivity index (χ4n) is 25.5. The molecule has 5 aliphatic heterocycles. The molecule has 7 aliphatic rings. The molecule has 0 spiro atoms. The number of allylic oxidation sites excluding steroid dienone is 5. The minimum Gasteiger partial charge on any atom is -0.217 e. The summed E-state index contributed by atoms with van der Waals surface area (Å²) in [5.41, 5.74) is 46.3. The summed E-state index contributed by atoms with van der Waals surface area (Å²) in [6.07, 6.45) is 35.2. The van der Waals surface area contributed by atoms with Crippen LogP contribution in [0.5, 0.6) is 0 Å². The first-order valence-corrected chi connectivity index (χ1v) is 52.5. The van der Waals surface area contributed by atoms with Crippen LogP contribution in [0.1, 0.15) is 253 Å². The van der Waals surface area contributed by atoms with Crippen LogP contribution in [0.15, 0.2) is 273 Å². The SMILES string of the molecule is Cc1ccccc1-n1c(C)c2[n+](c1-c1c(C)cccc1C)C(C)(C)C=C2.Cc1ccccc1-n1c(C)c2[n+](c1-c1c(C)cccc1C)C(C)(C1CCCC1)C=C2.Cc1ccccc1-n1c(C)c2[n+](c1-c1c(C)cccc1C)C(C)(C1CCCCC1)C=C2.Cc1ccccc1-n1c(C)c2[n+](c1-c1c(C)cccc1C)C(C)(c1ccccc1)C=C2.[2H]C1(C)C=Cc2c(C)n(-c3ccccc3C)c(-c3c(C)cccc3C)[n+]21. The average Bonchev–Trinajstić information content (AvgIpc) is 1.54. The normalized spacial score (nSPS) is 18.7. The van der Waals surface area contributed by atoms with Gasteiger partial charge in [0, 0.05) is 52.0 Å². The maximum Gasteiger partial charge on any atom is 0.296 e. The number of para-hydroxylation sites is 5. The fourth-order valence-corrected chi connectivity index (χ4v) is 25.5. The number of fused-ring (bicyclic) bond motifs is 5. The van der Waals surface area contributed by atoms with Crippen molar-refractivity contribution in [2.45, 2.75) is 266 Å². The molecular weight excluding hydrogens is 1740 g/mol. The van der Waals surface area contributed by atoms with Crippen LogP contribution in [0, 0.1) is 150 Å². The monoisotopic (exact) mass is 1890 g/mol. The molecule has 0 amide bonds. The molecule has 10 heteroatoms. The zero-order chi connectivity index (χ0) is 102. The van der Waals surface area contributed by atoms with Crippen molar-refractivity contribution in [1.29, 1.82) is 0 Å². The predicted molar refractivity (Wildman–Crippen MR) is 596 cm³/mol. The summed E-state index contributed by atoms with van der Waals surface area (Å²) >= 11 is 0. The zero-order valence-electron chi connectivity index (χ0n) is 90.9. The second-order valence-electron chi connectivity index (χ2n) is 43.3. The van der Waals surface area contributed by atoms with Crippen molar-refractivity contribution in [3.63, 3.8) is 0 Å². The topological polar surface area (TPSA) is 44.0 Å². The first-order valence-electron chi connectivity index (χ1n) is 53.0. The Morgan fingerprint density at radius 1 is 0.245 bits per heavy atom. The molecular formula is C133H149N10+5. The average molecular weight is 1890 g/mol. The number of aryl methyl sites for hydroxylation is 15. The van der Waals surface area contributed by atoms with Gasteiger partial charge in [-0.2, -0.15) is 22.8 Å². The molecule has 11 aromatic carbocycles. The lowest BCUT2D eigenvalue weighted by Crippen LogP contribution is -2.57. The van der Waals surface area contributed by atoms with Gasteiger partial charge in [-0.3, -0.25) is 0 Å². The highest BCUT2D eigenvalue weighted by molar-refractivity contribution is 5.75. The van der Waals surface area contributed by atoms with Crippen molar-refractivity contribution in [1.82, 2.24) is 22.8 Å². The van der Waals surface area contributed by atoms with Gasteiger partial charge in [0.05, 0.1) is 29.2 Å². The van der Waals surface area contributed by atoms with Crippen LogP contribution in [0.4, 0.5) is 0 Å². The first kappa shape index (κ1) is 96.7. The molecule has 0 saturated heterocycles. The Bertz CT molecular complexity index is 7630. The van der Waals surface area contributed by atoms with Gasteiger partial charge >= 0.3 is 0 Å². The van der Waals surface area contributed by atoms with Crippen LogP contribution >= 0.6 is 0 Å². The molecule has 0 radical (unpaired) electrons. The van der Waals surface area contributed by atoms with Crippen molar-refractivity contribution in [2.75, 3.05) is 0 Å². The maximum absolute atomic E-state index is 8.89. The van der Waals surface area contributed by atoms with E-state index in [4.69, 9.17) is 1.37 Å². The van der Waals surface area contributed by atoms with Gasteiger partial charge in [0.25, 0.3) is 29.1 Å². The number of benzene rings is 11. The third kappa shape index (κ3) is 16.7. The summed E-state index contributed by atoms with van der Waals surface area (Å²) in [6.45, 7) is 58.3. The van der Waals surface area contributed by atoms with Crippen molar-refractivity contribution in [2.24, 2.45) is 11.8 Å². The van der Waals surface area contributed by atoms with Gasteiger partial charge in [-0.25, -0.2) is 22.8 Å². The Morgan fingerprint density at radius 2 is 0.490 bits per heavy atom. The second kappa shape index (κ2) is 38.8. The lowest BCUT2D eigenvalue weighted by molar-refractivity contribution is -0.744. The van der Waals surface area contributed by atoms with Gasteiger partial charge < -0.3 is 0 Å². The molecule has 2 aliphatic carbocycles. The molecule has 5 aromatic heterocycles. The fraction of sp³-hybridized carbons (Fsp3) is 0.316. The van der Waals surface area contributed by atoms with E-state index in [2.05, 4.69) is 516 Å². The highest BCUT2D eigenvalue weighted by atomic mass is 15.3. The Hall–Kier alpha value is -13.8. The van der Waals surface area contributed by atoms with Gasteiger partial charge in [0.2, 0.25) is 0 Å². The second-order valence-corrected chi connectivity index (χ2v) is 43.3. The molecule has 2 saturated carbocycles. The number of nitrogens with zero attached hydrogens (tertiary/aromatic N) is 10. The Morgan fingerprint density at radius 3 is 0.818 bits per heavy atom. The minimum absolute atomic E-state index is 0.0263. The molecule has 726 valence electrons. The molecule has 0 N–H and O–H groups in total. The molecule has 16 aromatic rings. The summed E-state index contributed by atoms with van der Waals surface area (Å²) in [4.78, 5) is 0. The Kier molecular flexibility index (Phi) is 26.2. The van der Waals surface area contributed by atoms with Gasteiger partial charge in [0.15, 0.2) is 62.5 Å². The van der Waals surface area contributed by atoms with E-state index in [1.165, 1.54) is 278 Å². The molecule has 143 heavy (non-hydrogen) atoms. The van der Waals surface area contributed by atoms with Crippen LogP contribution in [0.25, 0.3) is 116 Å². The Balaban J connectivity index is 0.000000114. The van der Waals surface area contributed by atoms with Crippen molar-refractivity contribution < 1.29 is 24.2 Å². The predicted octanol–water partition coefficient (Wildman–Crippen LogP) is 30.7. The first-order chi connectivity index (χ1) is 68.9. The number of imidazole rings is 5. The molecule has 2 fully saturated rings. The third-order valence-electron chi connectivity index (χ3n) is 33.3. The van der Waals surface area contributed by atoms with Crippen LogP contribution in [-0.4, -0.2) is 22.8 Å². The summed E-state index contributed by atoms with van der Waals surface area (Å²) in [5, 5.41) is 0. The van der Waals surface area contributed by atoms with Gasteiger partial charge in [-0.15, -0.1) is 0 Å². The van der Waals surface area contributed by atoms with E-state index in [9.17, 15) is 0 Å². The number of rotatable bonds is 13. The standard InChI is InChI=1S/C29H35N2.C29H29N2.C28H33N2.C24H27N2.C23H25N2/c2*1-20-12-9-10-17-25(20)30-23(4)26-18-19-29(5,24-15-7-6-8-16-24)31(26)28(30)27-21(2)13-11-14-22(27)3;1-19-11-6-9-16-24(19)29-22(4)25-17-18-28(5,23-14-7-8-15-23)30(25)27(29)26-20(2)12-10-13-21(26)3;1-16-10-7-8-13-20(16)25-19(4)21-14-15-24(5,6)26(21)23(25)22-17(2)11-9-12-18(22)3;1-15-9-6-7-12-20(15)25-19(5)21-14-13-18(4)24(21)23(25)22-16(2)10-8-11-17(22)3/h9-14,17-19,24H,6-8,15-16H2,1-5H3;6-19H,1-5H3;6,9-13,16-18,23H,7-8,14-15H2,1-5H3;7-15H,1-6H3;6-14,18H,1-5H3/q5*+1/i;;;;18D. The Labute approximate surface area is 853 Å². The highest BCUT2D eigenvalue weighted by Crippen LogP contribution is 2.49. The van der Waals surface area contributed by atoms with E-state index in [1.54, 1.807) is 0 Å². The zero-order valence-corrected chi connectivity index (χ0v) is 89.9.